The number of thiophene rings is 1. The van der Waals surface area contributed by atoms with Crippen LogP contribution in [-0.2, 0) is 17.8 Å². The highest BCUT2D eigenvalue weighted by atomic mass is 32.1. The smallest absolute Gasteiger partial charge is 0.227 e. The molecule has 2 aromatic rings. The third kappa shape index (κ3) is 2.85. The van der Waals surface area contributed by atoms with Gasteiger partial charge in [-0.15, -0.1) is 11.3 Å². The average molecular weight is 287 g/mol. The van der Waals surface area contributed by atoms with Crippen molar-refractivity contribution in [3.63, 3.8) is 0 Å². The molecule has 0 aliphatic carbocycles. The molecule has 20 heavy (non-hydrogen) atoms. The molecule has 104 valence electrons. The van der Waals surface area contributed by atoms with Gasteiger partial charge in [0.1, 0.15) is 12.4 Å². The summed E-state index contributed by atoms with van der Waals surface area (Å²) in [4.78, 5) is 14.7. The van der Waals surface area contributed by atoms with Crippen molar-refractivity contribution in [2.24, 2.45) is 5.92 Å². The molecular weight excluding hydrogens is 270 g/mol. The Labute approximate surface area is 122 Å². The number of rotatable bonds is 3. The van der Waals surface area contributed by atoms with Crippen LogP contribution in [0.2, 0.25) is 0 Å². The molecule has 1 N–H and O–H groups in total. The number of aryl methyl sites for hydroxylation is 1. The molecule has 1 unspecified atom stereocenters. The summed E-state index contributed by atoms with van der Waals surface area (Å²) >= 11 is 1.72. The van der Waals surface area contributed by atoms with Gasteiger partial charge in [0.25, 0.3) is 0 Å². The van der Waals surface area contributed by atoms with Gasteiger partial charge in [-0.1, -0.05) is 18.2 Å². The number of hydrogen-bond acceptors (Lipinski definition) is 3. The van der Waals surface area contributed by atoms with Crippen molar-refractivity contribution in [1.82, 2.24) is 5.32 Å². The van der Waals surface area contributed by atoms with Gasteiger partial charge < -0.3 is 10.1 Å². The predicted molar refractivity (Wildman–Crippen MR) is 80.0 cm³/mol. The summed E-state index contributed by atoms with van der Waals surface area (Å²) in [6, 6.07) is 12.1. The van der Waals surface area contributed by atoms with Crippen LogP contribution in [0.25, 0.3) is 0 Å². The fourth-order valence-corrected chi connectivity index (χ4v) is 3.23. The fraction of sp³-hybridized carbons (Fsp3) is 0.312. The second kappa shape index (κ2) is 5.67. The summed E-state index contributed by atoms with van der Waals surface area (Å²) < 4.78 is 5.66. The molecule has 2 heterocycles. The zero-order valence-electron chi connectivity index (χ0n) is 11.4. The van der Waals surface area contributed by atoms with E-state index >= 15 is 0 Å². The average Bonchev–Trinajstić information content (AvgIpc) is 2.90. The van der Waals surface area contributed by atoms with Crippen molar-refractivity contribution in [2.45, 2.75) is 19.9 Å². The van der Waals surface area contributed by atoms with E-state index in [-0.39, 0.29) is 11.8 Å². The predicted octanol–water partition coefficient (Wildman–Crippen LogP) is 2.92. The molecule has 0 spiro atoms. The number of fused-ring (bicyclic) bond motifs is 1. The zero-order valence-corrected chi connectivity index (χ0v) is 12.2. The number of ether oxygens (including phenoxy) is 1. The highest BCUT2D eigenvalue weighted by Crippen LogP contribution is 2.26. The Hall–Kier alpha value is -1.81. The van der Waals surface area contributed by atoms with Crippen LogP contribution >= 0.6 is 11.3 Å². The minimum atomic E-state index is -0.0917. The normalized spacial score (nSPS) is 17.1. The standard InChI is InChI=1S/C16H17NO2S/c1-11-6-7-14(20-11)9-17-16(18)13-8-12-4-2-3-5-15(12)19-10-13/h2-7,13H,8-10H2,1H3,(H,17,18). The number of amides is 1. The lowest BCUT2D eigenvalue weighted by Crippen LogP contribution is -2.36. The van der Waals surface area contributed by atoms with Gasteiger partial charge in [0.15, 0.2) is 0 Å². The molecule has 0 fully saturated rings. The van der Waals surface area contributed by atoms with E-state index in [0.29, 0.717) is 13.2 Å². The molecule has 1 aromatic heterocycles. The van der Waals surface area contributed by atoms with Gasteiger partial charge in [-0.2, -0.15) is 0 Å². The second-order valence-corrected chi connectivity index (χ2v) is 6.42. The summed E-state index contributed by atoms with van der Waals surface area (Å²) in [6.07, 6.45) is 0.755. The Kier molecular flexibility index (Phi) is 3.74. The molecule has 4 heteroatoms. The number of benzene rings is 1. The number of hydrogen-bond donors (Lipinski definition) is 1. The Morgan fingerprint density at radius 2 is 2.20 bits per heavy atom. The molecule has 0 saturated carbocycles. The van der Waals surface area contributed by atoms with E-state index in [1.165, 1.54) is 9.75 Å². The van der Waals surface area contributed by atoms with Gasteiger partial charge in [-0.3, -0.25) is 4.79 Å². The van der Waals surface area contributed by atoms with E-state index in [9.17, 15) is 4.79 Å². The maximum atomic E-state index is 12.2. The van der Waals surface area contributed by atoms with Crippen LogP contribution in [0.4, 0.5) is 0 Å². The molecular formula is C16H17NO2S. The Morgan fingerprint density at radius 1 is 1.35 bits per heavy atom. The quantitative estimate of drug-likeness (QED) is 0.942. The first-order chi connectivity index (χ1) is 9.72. The van der Waals surface area contributed by atoms with Crippen molar-refractivity contribution >= 4 is 17.2 Å². The summed E-state index contributed by atoms with van der Waals surface area (Å²) in [6.45, 7) is 3.14. The molecule has 0 saturated heterocycles. The number of nitrogens with one attached hydrogen (secondary N) is 1. The Bertz CT molecular complexity index is 620. The zero-order chi connectivity index (χ0) is 13.9. The minimum Gasteiger partial charge on any atom is -0.492 e. The van der Waals surface area contributed by atoms with Gasteiger partial charge in [-0.25, -0.2) is 0 Å². The van der Waals surface area contributed by atoms with Gasteiger partial charge >= 0.3 is 0 Å². The van der Waals surface area contributed by atoms with Gasteiger partial charge in [0.05, 0.1) is 12.5 Å². The minimum absolute atomic E-state index is 0.0746. The largest absolute Gasteiger partial charge is 0.492 e. The van der Waals surface area contributed by atoms with Crippen molar-refractivity contribution in [3.05, 3.63) is 51.7 Å². The molecule has 1 aliphatic heterocycles. The monoisotopic (exact) mass is 287 g/mol. The Morgan fingerprint density at radius 3 is 3.00 bits per heavy atom. The first-order valence-electron chi connectivity index (χ1n) is 6.76. The SMILES string of the molecule is Cc1ccc(CNC(=O)C2COc3ccccc3C2)s1. The van der Waals surface area contributed by atoms with E-state index in [0.717, 1.165) is 17.7 Å². The van der Waals surface area contributed by atoms with E-state index in [2.05, 4.69) is 24.4 Å². The van der Waals surface area contributed by atoms with Crippen LogP contribution < -0.4 is 10.1 Å². The van der Waals surface area contributed by atoms with Crippen LogP contribution in [0.1, 0.15) is 15.3 Å². The van der Waals surface area contributed by atoms with Crippen LogP contribution in [0.3, 0.4) is 0 Å². The lowest BCUT2D eigenvalue weighted by Gasteiger charge is -2.24. The van der Waals surface area contributed by atoms with Crippen molar-refractivity contribution < 1.29 is 9.53 Å². The molecule has 0 radical (unpaired) electrons. The topological polar surface area (TPSA) is 38.3 Å². The van der Waals surface area contributed by atoms with Crippen LogP contribution in [0, 0.1) is 12.8 Å². The lowest BCUT2D eigenvalue weighted by molar-refractivity contribution is -0.126. The molecule has 1 amide bonds. The van der Waals surface area contributed by atoms with Crippen molar-refractivity contribution in [1.29, 1.82) is 0 Å². The van der Waals surface area contributed by atoms with Crippen molar-refractivity contribution in [3.8, 4) is 5.75 Å². The van der Waals surface area contributed by atoms with E-state index in [4.69, 9.17) is 4.74 Å². The molecule has 1 atom stereocenters. The number of carbonyl (C=O) groups excluding carboxylic acids is 1. The summed E-state index contributed by atoms with van der Waals surface area (Å²) in [5, 5.41) is 3.00. The molecule has 1 aromatic carbocycles. The molecule has 0 bridgehead atoms. The Balaban J connectivity index is 1.59. The van der Waals surface area contributed by atoms with E-state index in [1.54, 1.807) is 11.3 Å². The van der Waals surface area contributed by atoms with Gasteiger partial charge in [0.2, 0.25) is 5.91 Å². The fourth-order valence-electron chi connectivity index (χ4n) is 2.40. The maximum absolute atomic E-state index is 12.2. The summed E-state index contributed by atoms with van der Waals surface area (Å²) in [5.74, 6) is 0.891. The molecule has 3 nitrogen and oxygen atoms in total. The van der Waals surface area contributed by atoms with Crippen LogP contribution in [0.5, 0.6) is 5.75 Å². The van der Waals surface area contributed by atoms with Crippen LogP contribution in [0.15, 0.2) is 36.4 Å². The van der Waals surface area contributed by atoms with Gasteiger partial charge in [0, 0.05) is 9.75 Å². The highest BCUT2D eigenvalue weighted by Gasteiger charge is 2.25. The lowest BCUT2D eigenvalue weighted by atomic mass is 9.96. The molecule has 1 aliphatic rings. The maximum Gasteiger partial charge on any atom is 0.227 e. The first kappa shape index (κ1) is 13.2. The van der Waals surface area contributed by atoms with E-state index < -0.39 is 0 Å². The third-order valence-electron chi connectivity index (χ3n) is 3.48. The summed E-state index contributed by atoms with van der Waals surface area (Å²) in [7, 11) is 0. The molecule has 3 rings (SSSR count). The van der Waals surface area contributed by atoms with Gasteiger partial charge in [-0.05, 0) is 37.1 Å². The number of carbonyl (C=O) groups is 1. The number of para-hydroxylation sites is 1. The van der Waals surface area contributed by atoms with E-state index in [1.807, 2.05) is 24.3 Å². The van der Waals surface area contributed by atoms with Crippen molar-refractivity contribution in [2.75, 3.05) is 6.61 Å². The van der Waals surface area contributed by atoms with Crippen LogP contribution in [-0.4, -0.2) is 12.5 Å². The summed E-state index contributed by atoms with van der Waals surface area (Å²) in [5.41, 5.74) is 1.12. The first-order valence-corrected chi connectivity index (χ1v) is 7.58. The highest BCUT2D eigenvalue weighted by molar-refractivity contribution is 7.11. The third-order valence-corrected chi connectivity index (χ3v) is 4.48. The second-order valence-electron chi connectivity index (χ2n) is 5.05.